The van der Waals surface area contributed by atoms with E-state index in [1.54, 1.807) is 0 Å². The Morgan fingerprint density at radius 1 is 1.37 bits per heavy atom. The maximum absolute atomic E-state index is 13.0. The van der Waals surface area contributed by atoms with E-state index in [9.17, 15) is 13.6 Å². The van der Waals surface area contributed by atoms with Gasteiger partial charge in [0, 0.05) is 5.54 Å². The van der Waals surface area contributed by atoms with Gasteiger partial charge in [-0.05, 0) is 44.0 Å². The molecular weight excluding hydrogens is 250 g/mol. The van der Waals surface area contributed by atoms with E-state index in [1.165, 1.54) is 6.07 Å². The smallest absolute Gasteiger partial charge is 0.224 e. The highest BCUT2D eigenvalue weighted by atomic mass is 19.2. The summed E-state index contributed by atoms with van der Waals surface area (Å²) in [5.74, 6) is -2.07. The first kappa shape index (κ1) is 15.6. The Kier molecular flexibility index (Phi) is 5.42. The van der Waals surface area contributed by atoms with Crippen LogP contribution < -0.4 is 11.1 Å². The fourth-order valence-corrected chi connectivity index (χ4v) is 1.86. The topological polar surface area (TPSA) is 55.1 Å². The lowest BCUT2D eigenvalue weighted by Gasteiger charge is -2.29. The van der Waals surface area contributed by atoms with Gasteiger partial charge < -0.3 is 11.1 Å². The second-order valence-corrected chi connectivity index (χ2v) is 4.93. The van der Waals surface area contributed by atoms with E-state index in [4.69, 9.17) is 5.73 Å². The molecule has 1 amide bonds. The van der Waals surface area contributed by atoms with Gasteiger partial charge >= 0.3 is 0 Å². The number of rotatable bonds is 6. The molecule has 0 radical (unpaired) electrons. The molecule has 3 nitrogen and oxygen atoms in total. The molecular formula is C14H20F2N2O. The summed E-state index contributed by atoms with van der Waals surface area (Å²) >= 11 is 0. The molecule has 0 heterocycles. The number of nitrogens with one attached hydrogen (secondary N) is 1. The van der Waals surface area contributed by atoms with Crippen molar-refractivity contribution < 1.29 is 13.6 Å². The number of amides is 1. The number of benzene rings is 1. The van der Waals surface area contributed by atoms with E-state index < -0.39 is 11.6 Å². The Morgan fingerprint density at radius 3 is 2.58 bits per heavy atom. The van der Waals surface area contributed by atoms with Crippen molar-refractivity contribution in [2.45, 2.75) is 38.6 Å². The van der Waals surface area contributed by atoms with Gasteiger partial charge in [0.05, 0.1) is 6.42 Å². The molecule has 106 valence electrons. The minimum atomic E-state index is -0.939. The molecule has 0 spiro atoms. The highest BCUT2D eigenvalue weighted by molar-refractivity contribution is 5.79. The largest absolute Gasteiger partial charge is 0.351 e. The normalized spacial score (nSPS) is 13.9. The van der Waals surface area contributed by atoms with Crippen molar-refractivity contribution in [1.82, 2.24) is 5.32 Å². The maximum Gasteiger partial charge on any atom is 0.224 e. The van der Waals surface area contributed by atoms with Crippen molar-refractivity contribution in [2.75, 3.05) is 6.54 Å². The fourth-order valence-electron chi connectivity index (χ4n) is 1.86. The highest BCUT2D eigenvalue weighted by Crippen LogP contribution is 2.14. The molecule has 3 N–H and O–H groups in total. The van der Waals surface area contributed by atoms with Gasteiger partial charge in [0.15, 0.2) is 11.6 Å². The third kappa shape index (κ3) is 4.59. The molecule has 5 heteroatoms. The van der Waals surface area contributed by atoms with E-state index in [0.29, 0.717) is 18.5 Å². The van der Waals surface area contributed by atoms with E-state index in [-0.39, 0.29) is 17.9 Å². The second kappa shape index (κ2) is 6.61. The van der Waals surface area contributed by atoms with Crippen LogP contribution in [0, 0.1) is 11.6 Å². The maximum atomic E-state index is 13.0. The predicted molar refractivity (Wildman–Crippen MR) is 70.6 cm³/mol. The molecule has 0 saturated heterocycles. The third-order valence-electron chi connectivity index (χ3n) is 3.27. The molecule has 0 bridgehead atoms. The van der Waals surface area contributed by atoms with Crippen molar-refractivity contribution >= 4 is 5.91 Å². The van der Waals surface area contributed by atoms with E-state index in [2.05, 4.69) is 5.32 Å². The summed E-state index contributed by atoms with van der Waals surface area (Å²) in [6.45, 7) is 4.37. The first-order valence-corrected chi connectivity index (χ1v) is 6.35. The fraction of sp³-hybridized carbons (Fsp3) is 0.500. The van der Waals surface area contributed by atoms with Gasteiger partial charge in [-0.3, -0.25) is 4.79 Å². The lowest BCUT2D eigenvalue weighted by atomic mass is 9.94. The summed E-state index contributed by atoms with van der Waals surface area (Å²) in [6.07, 6.45) is 1.46. The molecule has 1 unspecified atom stereocenters. The number of carbonyl (C=O) groups is 1. The quantitative estimate of drug-likeness (QED) is 0.832. The summed E-state index contributed by atoms with van der Waals surface area (Å²) < 4.78 is 25.8. The van der Waals surface area contributed by atoms with Crippen LogP contribution in [0.1, 0.15) is 32.3 Å². The van der Waals surface area contributed by atoms with Crippen LogP contribution in [0.3, 0.4) is 0 Å². The number of halogens is 2. The van der Waals surface area contributed by atoms with Gasteiger partial charge in [-0.1, -0.05) is 13.0 Å². The van der Waals surface area contributed by atoms with E-state index >= 15 is 0 Å². The number of nitrogens with two attached hydrogens (primary N) is 1. The average molecular weight is 270 g/mol. The zero-order valence-corrected chi connectivity index (χ0v) is 11.3. The molecule has 1 aromatic carbocycles. The van der Waals surface area contributed by atoms with Gasteiger partial charge in [-0.15, -0.1) is 0 Å². The summed E-state index contributed by atoms with van der Waals surface area (Å²) in [5.41, 5.74) is 5.60. The van der Waals surface area contributed by atoms with Crippen molar-refractivity contribution in [3.8, 4) is 0 Å². The summed E-state index contributed by atoms with van der Waals surface area (Å²) in [4.78, 5) is 11.9. The van der Waals surface area contributed by atoms with Crippen molar-refractivity contribution in [3.05, 3.63) is 35.4 Å². The zero-order chi connectivity index (χ0) is 14.5. The van der Waals surface area contributed by atoms with Crippen LogP contribution in [-0.2, 0) is 11.2 Å². The van der Waals surface area contributed by atoms with Crippen molar-refractivity contribution in [2.24, 2.45) is 5.73 Å². The first-order valence-electron chi connectivity index (χ1n) is 6.35. The Balaban J connectivity index is 2.66. The van der Waals surface area contributed by atoms with Crippen LogP contribution in [0.2, 0.25) is 0 Å². The summed E-state index contributed by atoms with van der Waals surface area (Å²) in [7, 11) is 0. The highest BCUT2D eigenvalue weighted by Gasteiger charge is 2.23. The Morgan fingerprint density at radius 2 is 2.05 bits per heavy atom. The minimum Gasteiger partial charge on any atom is -0.351 e. The second-order valence-electron chi connectivity index (χ2n) is 4.93. The lowest BCUT2D eigenvalue weighted by molar-refractivity contribution is -0.122. The SMILES string of the molecule is CCC(C)(CCN)NC(=O)Cc1ccc(F)c(F)c1. The molecule has 1 aromatic rings. The molecule has 19 heavy (non-hydrogen) atoms. The standard InChI is InChI=1S/C14H20F2N2O/c1-3-14(2,6-7-17)18-13(19)9-10-4-5-11(15)12(16)8-10/h4-5,8H,3,6-7,9,17H2,1-2H3,(H,18,19). The number of carbonyl (C=O) groups excluding carboxylic acids is 1. The number of hydrogen-bond donors (Lipinski definition) is 2. The van der Waals surface area contributed by atoms with Crippen LogP contribution in [0.15, 0.2) is 18.2 Å². The summed E-state index contributed by atoms with van der Waals surface area (Å²) in [6, 6.07) is 3.47. The van der Waals surface area contributed by atoms with Gasteiger partial charge in [-0.25, -0.2) is 8.78 Å². The van der Waals surface area contributed by atoms with Gasteiger partial charge in [0.1, 0.15) is 0 Å². The van der Waals surface area contributed by atoms with Gasteiger partial charge in [-0.2, -0.15) is 0 Å². The predicted octanol–water partition coefficient (Wildman–Crippen LogP) is 2.14. The zero-order valence-electron chi connectivity index (χ0n) is 11.3. The van der Waals surface area contributed by atoms with Crippen molar-refractivity contribution in [1.29, 1.82) is 0 Å². The lowest BCUT2D eigenvalue weighted by Crippen LogP contribution is -2.47. The summed E-state index contributed by atoms with van der Waals surface area (Å²) in [5, 5.41) is 2.89. The molecule has 0 aliphatic carbocycles. The Hall–Kier alpha value is -1.49. The molecule has 1 atom stereocenters. The van der Waals surface area contributed by atoms with E-state index in [1.807, 2.05) is 13.8 Å². The van der Waals surface area contributed by atoms with Crippen LogP contribution in [0.4, 0.5) is 8.78 Å². The van der Waals surface area contributed by atoms with E-state index in [0.717, 1.165) is 18.6 Å². The van der Waals surface area contributed by atoms with Crippen LogP contribution in [-0.4, -0.2) is 18.0 Å². The number of hydrogen-bond acceptors (Lipinski definition) is 2. The van der Waals surface area contributed by atoms with Gasteiger partial charge in [0.2, 0.25) is 5.91 Å². The van der Waals surface area contributed by atoms with Crippen LogP contribution in [0.25, 0.3) is 0 Å². The Labute approximate surface area is 112 Å². The van der Waals surface area contributed by atoms with Crippen LogP contribution >= 0.6 is 0 Å². The molecule has 1 rings (SSSR count). The molecule has 0 saturated carbocycles. The first-order chi connectivity index (χ1) is 8.90. The van der Waals surface area contributed by atoms with Crippen LogP contribution in [0.5, 0.6) is 0 Å². The average Bonchev–Trinajstić information content (AvgIpc) is 2.34. The minimum absolute atomic E-state index is 0.0252. The van der Waals surface area contributed by atoms with Crippen molar-refractivity contribution in [3.63, 3.8) is 0 Å². The monoisotopic (exact) mass is 270 g/mol. The molecule has 0 fully saturated rings. The molecule has 0 aliphatic rings. The van der Waals surface area contributed by atoms with Gasteiger partial charge in [0.25, 0.3) is 0 Å². The Bertz CT molecular complexity index is 451. The third-order valence-corrected chi connectivity index (χ3v) is 3.27. The molecule has 0 aromatic heterocycles. The molecule has 0 aliphatic heterocycles.